The molecule has 0 aliphatic heterocycles. The van der Waals surface area contributed by atoms with Crippen LogP contribution in [0.4, 0.5) is 0 Å². The van der Waals surface area contributed by atoms with Gasteiger partial charge < -0.3 is 14.2 Å². The lowest BCUT2D eigenvalue weighted by Crippen LogP contribution is -2.30. The zero-order valence-corrected chi connectivity index (χ0v) is 51.9. The van der Waals surface area contributed by atoms with Gasteiger partial charge in [-0.05, 0) is 122 Å². The molecule has 0 bridgehead atoms. The standard InChI is InChI=1S/C73H124O6/c1-4-7-10-13-16-19-22-25-28-29-30-31-32-33-34-35-36-37-38-39-40-41-42-43-46-48-51-54-57-60-63-66-72(75)78-69-70(79-73(76)67-64-61-58-55-52-49-45-27-24-21-18-15-12-9-6-3)68-77-71(74)65-62-59-56-53-50-47-44-26-23-20-17-14-11-8-5-2/h8-9,11-12,17-18,20-22,25-27,29-30,32-33,44-45,70H,4-7,10,13-16,19,23-24,28,31,34-43,46-69H2,1-3H3/b11-8-,12-9-,20-17-,21-18-,25-22-,30-29-,33-32-,44-26-,45-27-. The zero-order chi connectivity index (χ0) is 57.1. The van der Waals surface area contributed by atoms with Crippen molar-refractivity contribution in [3.05, 3.63) is 109 Å². The highest BCUT2D eigenvalue weighted by Crippen LogP contribution is 2.16. The van der Waals surface area contributed by atoms with Gasteiger partial charge in [-0.15, -0.1) is 0 Å². The van der Waals surface area contributed by atoms with E-state index in [1.807, 2.05) is 0 Å². The Morgan fingerprint density at radius 3 is 0.772 bits per heavy atom. The van der Waals surface area contributed by atoms with Crippen molar-refractivity contribution in [3.63, 3.8) is 0 Å². The Morgan fingerprint density at radius 2 is 0.494 bits per heavy atom. The molecule has 0 aromatic heterocycles. The van der Waals surface area contributed by atoms with Crippen LogP contribution in [0.25, 0.3) is 0 Å². The summed E-state index contributed by atoms with van der Waals surface area (Å²) in [6.07, 6.45) is 91.1. The van der Waals surface area contributed by atoms with Crippen LogP contribution >= 0.6 is 0 Å². The summed E-state index contributed by atoms with van der Waals surface area (Å²) in [7, 11) is 0. The van der Waals surface area contributed by atoms with Gasteiger partial charge in [0.1, 0.15) is 13.2 Å². The number of rotatable bonds is 60. The van der Waals surface area contributed by atoms with Gasteiger partial charge >= 0.3 is 17.9 Å². The average molecular weight is 1100 g/mol. The molecule has 0 aliphatic carbocycles. The Kier molecular flexibility index (Phi) is 63.3. The van der Waals surface area contributed by atoms with Crippen LogP contribution in [-0.2, 0) is 28.6 Å². The number of hydrogen-bond acceptors (Lipinski definition) is 6. The van der Waals surface area contributed by atoms with Gasteiger partial charge in [0.2, 0.25) is 0 Å². The highest BCUT2D eigenvalue weighted by molar-refractivity contribution is 5.71. The predicted molar refractivity (Wildman–Crippen MR) is 343 cm³/mol. The molecule has 0 saturated heterocycles. The summed E-state index contributed by atoms with van der Waals surface area (Å²) in [5.74, 6) is -0.917. The van der Waals surface area contributed by atoms with E-state index in [-0.39, 0.29) is 31.1 Å². The van der Waals surface area contributed by atoms with E-state index in [2.05, 4.69) is 130 Å². The fourth-order valence-corrected chi connectivity index (χ4v) is 9.30. The van der Waals surface area contributed by atoms with Crippen LogP contribution in [0.1, 0.15) is 316 Å². The van der Waals surface area contributed by atoms with Crippen LogP contribution in [-0.4, -0.2) is 37.2 Å². The van der Waals surface area contributed by atoms with E-state index in [1.54, 1.807) is 0 Å². The van der Waals surface area contributed by atoms with E-state index in [0.717, 1.165) is 148 Å². The topological polar surface area (TPSA) is 78.9 Å². The molecule has 0 spiro atoms. The van der Waals surface area contributed by atoms with Gasteiger partial charge in [-0.2, -0.15) is 0 Å². The third kappa shape index (κ3) is 64.8. The minimum Gasteiger partial charge on any atom is -0.462 e. The molecular formula is C73H124O6. The third-order valence-electron chi connectivity index (χ3n) is 14.2. The highest BCUT2D eigenvalue weighted by atomic mass is 16.6. The first-order valence-corrected chi connectivity index (χ1v) is 33.4. The molecular weight excluding hydrogens is 973 g/mol. The molecule has 6 heteroatoms. The monoisotopic (exact) mass is 1100 g/mol. The van der Waals surface area contributed by atoms with Crippen molar-refractivity contribution in [2.45, 2.75) is 322 Å². The van der Waals surface area contributed by atoms with Gasteiger partial charge in [0.15, 0.2) is 6.10 Å². The first-order valence-electron chi connectivity index (χ1n) is 33.4. The summed E-state index contributed by atoms with van der Waals surface area (Å²) in [5.41, 5.74) is 0. The summed E-state index contributed by atoms with van der Waals surface area (Å²) in [5, 5.41) is 0. The van der Waals surface area contributed by atoms with Gasteiger partial charge in [-0.25, -0.2) is 0 Å². The van der Waals surface area contributed by atoms with Crippen molar-refractivity contribution in [3.8, 4) is 0 Å². The fourth-order valence-electron chi connectivity index (χ4n) is 9.30. The van der Waals surface area contributed by atoms with Crippen LogP contribution in [0.15, 0.2) is 109 Å². The van der Waals surface area contributed by atoms with E-state index in [1.165, 1.54) is 128 Å². The van der Waals surface area contributed by atoms with Crippen LogP contribution in [0, 0.1) is 0 Å². The maximum Gasteiger partial charge on any atom is 0.306 e. The second-order valence-corrected chi connectivity index (χ2v) is 22.0. The van der Waals surface area contributed by atoms with Crippen LogP contribution in [0.3, 0.4) is 0 Å². The number of hydrogen-bond donors (Lipinski definition) is 0. The molecule has 452 valence electrons. The van der Waals surface area contributed by atoms with E-state index >= 15 is 0 Å². The average Bonchev–Trinajstić information content (AvgIpc) is 3.45. The fraction of sp³-hybridized carbons (Fsp3) is 0.712. The first-order chi connectivity index (χ1) is 39.0. The Balaban J connectivity index is 4.23. The molecule has 0 radical (unpaired) electrons. The first kappa shape index (κ1) is 75.1. The summed E-state index contributed by atoms with van der Waals surface area (Å²) in [6, 6.07) is 0. The van der Waals surface area contributed by atoms with Crippen LogP contribution < -0.4 is 0 Å². The maximum atomic E-state index is 12.9. The minimum absolute atomic E-state index is 0.0904. The van der Waals surface area contributed by atoms with Crippen molar-refractivity contribution in [1.82, 2.24) is 0 Å². The molecule has 1 unspecified atom stereocenters. The number of carbonyl (C=O) groups excluding carboxylic acids is 3. The molecule has 0 N–H and O–H groups in total. The zero-order valence-electron chi connectivity index (χ0n) is 51.9. The lowest BCUT2D eigenvalue weighted by molar-refractivity contribution is -0.167. The van der Waals surface area contributed by atoms with Crippen molar-refractivity contribution in [1.29, 1.82) is 0 Å². The molecule has 0 aromatic carbocycles. The largest absolute Gasteiger partial charge is 0.462 e. The summed E-state index contributed by atoms with van der Waals surface area (Å²) in [4.78, 5) is 38.3. The molecule has 6 nitrogen and oxygen atoms in total. The van der Waals surface area contributed by atoms with Gasteiger partial charge in [0.25, 0.3) is 0 Å². The van der Waals surface area contributed by atoms with Gasteiger partial charge in [0, 0.05) is 19.3 Å². The molecule has 79 heavy (non-hydrogen) atoms. The Hall–Kier alpha value is -3.93. The van der Waals surface area contributed by atoms with Gasteiger partial charge in [-0.1, -0.05) is 284 Å². The number of carbonyl (C=O) groups is 3. The minimum atomic E-state index is -0.796. The lowest BCUT2D eigenvalue weighted by Gasteiger charge is -2.18. The second kappa shape index (κ2) is 66.6. The molecule has 1 atom stereocenters. The normalized spacial score (nSPS) is 12.8. The maximum absolute atomic E-state index is 12.9. The summed E-state index contributed by atoms with van der Waals surface area (Å²) < 4.78 is 16.9. The molecule has 0 rings (SSSR count). The third-order valence-corrected chi connectivity index (χ3v) is 14.2. The van der Waals surface area contributed by atoms with Crippen LogP contribution in [0.2, 0.25) is 0 Å². The van der Waals surface area contributed by atoms with E-state index in [9.17, 15) is 14.4 Å². The van der Waals surface area contributed by atoms with Crippen molar-refractivity contribution < 1.29 is 28.6 Å². The number of ether oxygens (including phenoxy) is 3. The van der Waals surface area contributed by atoms with Crippen molar-refractivity contribution in [2.24, 2.45) is 0 Å². The second-order valence-electron chi connectivity index (χ2n) is 22.0. The molecule has 0 saturated carbocycles. The van der Waals surface area contributed by atoms with Crippen molar-refractivity contribution in [2.75, 3.05) is 13.2 Å². The Morgan fingerprint density at radius 1 is 0.266 bits per heavy atom. The molecule has 0 amide bonds. The van der Waals surface area contributed by atoms with Gasteiger partial charge in [0.05, 0.1) is 0 Å². The SMILES string of the molecule is CC/C=C\C/C=C\C/C=C\CCCCCCCC(=O)OCC(COC(=O)CCCCCCCCCCCCCCCCCC/C=C\C/C=C\C/C=C\CCCCCCC)OC(=O)CCCCCCC/C=C\C/C=C\C/C=C\CC. The summed E-state index contributed by atoms with van der Waals surface area (Å²) >= 11 is 0. The smallest absolute Gasteiger partial charge is 0.306 e. The molecule has 0 fully saturated rings. The lowest BCUT2D eigenvalue weighted by atomic mass is 10.0. The molecule has 0 aromatic rings. The van der Waals surface area contributed by atoms with Gasteiger partial charge in [-0.3, -0.25) is 14.4 Å². The highest BCUT2D eigenvalue weighted by Gasteiger charge is 2.19. The van der Waals surface area contributed by atoms with E-state index in [0.29, 0.717) is 19.3 Å². The quantitative estimate of drug-likeness (QED) is 0.0261. The molecule has 0 heterocycles. The summed E-state index contributed by atoms with van der Waals surface area (Å²) in [6.45, 7) is 6.40. The number of allylic oxidation sites excluding steroid dienone is 18. The Bertz CT molecular complexity index is 1590. The Labute approximate surface area is 489 Å². The van der Waals surface area contributed by atoms with Crippen molar-refractivity contribution >= 4 is 17.9 Å². The van der Waals surface area contributed by atoms with Crippen LogP contribution in [0.5, 0.6) is 0 Å². The van der Waals surface area contributed by atoms with E-state index < -0.39 is 6.10 Å². The van der Waals surface area contributed by atoms with E-state index in [4.69, 9.17) is 14.2 Å². The predicted octanol–water partition coefficient (Wildman–Crippen LogP) is 23.0. The molecule has 0 aliphatic rings. The number of unbranched alkanes of at least 4 members (excludes halogenated alkanes) is 31. The number of esters is 3.